The number of halogens is 2. The van der Waals surface area contributed by atoms with Crippen molar-refractivity contribution in [3.8, 4) is 11.5 Å². The number of hydrogen-bond acceptors (Lipinski definition) is 5. The van der Waals surface area contributed by atoms with Crippen LogP contribution < -0.4 is 19.9 Å². The zero-order chi connectivity index (χ0) is 21.7. The molecule has 0 aliphatic carbocycles. The molecule has 0 saturated heterocycles. The number of benzene rings is 3. The predicted octanol–water partition coefficient (Wildman–Crippen LogP) is 4.84. The quantitative estimate of drug-likeness (QED) is 0.495. The summed E-state index contributed by atoms with van der Waals surface area (Å²) < 4.78 is 34.0. The molecule has 0 bridgehead atoms. The number of methoxy groups -OCH3 is 1. The lowest BCUT2D eigenvalue weighted by molar-refractivity contribution is 0.284. The fraction of sp³-hybridized carbons (Fsp3) is 0.143. The van der Waals surface area contributed by atoms with Gasteiger partial charge in [-0.1, -0.05) is 35.3 Å². The molecule has 0 unspecified atom stereocenters. The van der Waals surface area contributed by atoms with E-state index in [4.69, 9.17) is 37.8 Å². The van der Waals surface area contributed by atoms with Gasteiger partial charge < -0.3 is 14.8 Å². The van der Waals surface area contributed by atoms with Gasteiger partial charge in [0.15, 0.2) is 11.5 Å². The van der Waals surface area contributed by atoms with Crippen molar-refractivity contribution >= 4 is 38.9 Å². The van der Waals surface area contributed by atoms with Gasteiger partial charge in [-0.2, -0.15) is 0 Å². The molecule has 3 N–H and O–H groups in total. The Hall–Kier alpha value is -2.45. The number of nitrogens with one attached hydrogen (secondary N) is 1. The molecule has 0 saturated carbocycles. The van der Waals surface area contributed by atoms with Crippen LogP contribution in [0.3, 0.4) is 0 Å². The molecule has 30 heavy (non-hydrogen) atoms. The van der Waals surface area contributed by atoms with Gasteiger partial charge in [0.1, 0.15) is 6.61 Å². The first-order chi connectivity index (χ1) is 14.3. The predicted molar refractivity (Wildman–Crippen MR) is 119 cm³/mol. The summed E-state index contributed by atoms with van der Waals surface area (Å²) in [7, 11) is -2.17. The SMILES string of the molecule is COc1cc(CNc2ccc(S(N)(=O)=O)cc2)cc(Cl)c1OCc1cccc(Cl)c1. The number of anilines is 1. The maximum absolute atomic E-state index is 11.3. The van der Waals surface area contributed by atoms with E-state index in [2.05, 4.69) is 5.32 Å². The molecule has 0 fully saturated rings. The molecule has 0 aliphatic rings. The highest BCUT2D eigenvalue weighted by atomic mass is 35.5. The molecule has 0 amide bonds. The van der Waals surface area contributed by atoms with E-state index in [0.29, 0.717) is 34.7 Å². The zero-order valence-electron chi connectivity index (χ0n) is 16.1. The van der Waals surface area contributed by atoms with E-state index in [-0.39, 0.29) is 4.90 Å². The first kappa shape index (κ1) is 22.2. The average molecular weight is 467 g/mol. The average Bonchev–Trinajstić information content (AvgIpc) is 2.70. The number of ether oxygens (including phenoxy) is 2. The highest BCUT2D eigenvalue weighted by Crippen LogP contribution is 2.37. The van der Waals surface area contributed by atoms with Crippen molar-refractivity contribution < 1.29 is 17.9 Å². The van der Waals surface area contributed by atoms with Gasteiger partial charge in [0.2, 0.25) is 10.0 Å². The molecule has 0 heterocycles. The van der Waals surface area contributed by atoms with Crippen LogP contribution in [0.2, 0.25) is 10.0 Å². The van der Waals surface area contributed by atoms with Crippen molar-refractivity contribution in [2.45, 2.75) is 18.0 Å². The Morgan fingerprint density at radius 2 is 1.73 bits per heavy atom. The second-order valence-electron chi connectivity index (χ2n) is 6.45. The maximum Gasteiger partial charge on any atom is 0.238 e. The van der Waals surface area contributed by atoms with Crippen LogP contribution >= 0.6 is 23.2 Å². The lowest BCUT2D eigenvalue weighted by Gasteiger charge is -2.15. The first-order valence-corrected chi connectivity index (χ1v) is 11.2. The van der Waals surface area contributed by atoms with Crippen molar-refractivity contribution in [2.24, 2.45) is 5.14 Å². The van der Waals surface area contributed by atoms with Crippen LogP contribution in [0.25, 0.3) is 0 Å². The molecule has 6 nitrogen and oxygen atoms in total. The summed E-state index contributed by atoms with van der Waals surface area (Å²) in [4.78, 5) is 0.0546. The minimum Gasteiger partial charge on any atom is -0.493 e. The van der Waals surface area contributed by atoms with Crippen molar-refractivity contribution in [2.75, 3.05) is 12.4 Å². The van der Waals surface area contributed by atoms with Crippen LogP contribution in [0.5, 0.6) is 11.5 Å². The number of hydrogen-bond donors (Lipinski definition) is 2. The van der Waals surface area contributed by atoms with Crippen molar-refractivity contribution in [3.63, 3.8) is 0 Å². The van der Waals surface area contributed by atoms with Gasteiger partial charge in [0.25, 0.3) is 0 Å². The van der Waals surface area contributed by atoms with Crippen LogP contribution in [-0.4, -0.2) is 15.5 Å². The smallest absolute Gasteiger partial charge is 0.238 e. The highest BCUT2D eigenvalue weighted by Gasteiger charge is 2.13. The molecule has 0 radical (unpaired) electrons. The van der Waals surface area contributed by atoms with E-state index < -0.39 is 10.0 Å². The highest BCUT2D eigenvalue weighted by molar-refractivity contribution is 7.89. The van der Waals surface area contributed by atoms with Gasteiger partial charge in [-0.3, -0.25) is 0 Å². The summed E-state index contributed by atoms with van der Waals surface area (Å²) in [5.41, 5.74) is 2.51. The van der Waals surface area contributed by atoms with E-state index in [1.54, 1.807) is 31.4 Å². The number of rotatable bonds is 8. The minimum absolute atomic E-state index is 0.0546. The molecular formula is C21H20Cl2N2O4S. The first-order valence-electron chi connectivity index (χ1n) is 8.86. The summed E-state index contributed by atoms with van der Waals surface area (Å²) >= 11 is 12.4. The van der Waals surface area contributed by atoms with E-state index in [1.807, 2.05) is 24.3 Å². The Morgan fingerprint density at radius 3 is 2.37 bits per heavy atom. The van der Waals surface area contributed by atoms with Crippen LogP contribution in [0.15, 0.2) is 65.6 Å². The minimum atomic E-state index is -3.72. The largest absolute Gasteiger partial charge is 0.493 e. The van der Waals surface area contributed by atoms with Crippen molar-refractivity contribution in [3.05, 3.63) is 81.8 Å². The Balaban J connectivity index is 1.70. The van der Waals surface area contributed by atoms with Gasteiger partial charge >= 0.3 is 0 Å². The van der Waals surface area contributed by atoms with E-state index >= 15 is 0 Å². The third kappa shape index (κ3) is 5.79. The molecule has 0 aromatic heterocycles. The van der Waals surface area contributed by atoms with Crippen molar-refractivity contribution in [1.29, 1.82) is 0 Å². The second kappa shape index (κ2) is 9.57. The Bertz CT molecular complexity index is 1140. The fourth-order valence-corrected chi connectivity index (χ4v) is 3.78. The van der Waals surface area contributed by atoms with Crippen LogP contribution in [-0.2, 0) is 23.2 Å². The lowest BCUT2D eigenvalue weighted by atomic mass is 10.2. The molecule has 3 aromatic carbocycles. The van der Waals surface area contributed by atoms with Gasteiger partial charge in [-0.05, 0) is 59.7 Å². The van der Waals surface area contributed by atoms with Crippen molar-refractivity contribution in [1.82, 2.24) is 0 Å². The van der Waals surface area contributed by atoms with Gasteiger partial charge in [-0.15, -0.1) is 0 Å². The number of nitrogens with two attached hydrogens (primary N) is 1. The third-order valence-electron chi connectivity index (χ3n) is 4.24. The summed E-state index contributed by atoms with van der Waals surface area (Å²) in [6, 6.07) is 17.1. The summed E-state index contributed by atoms with van der Waals surface area (Å²) in [6.45, 7) is 0.740. The van der Waals surface area contributed by atoms with Gasteiger partial charge in [0, 0.05) is 17.3 Å². The monoisotopic (exact) mass is 466 g/mol. The number of primary sulfonamides is 1. The Labute approximate surface area is 185 Å². The fourth-order valence-electron chi connectivity index (χ4n) is 2.76. The molecule has 9 heteroatoms. The molecule has 3 rings (SSSR count). The van der Waals surface area contributed by atoms with Crippen LogP contribution in [0.1, 0.15) is 11.1 Å². The molecule has 0 atom stereocenters. The van der Waals surface area contributed by atoms with Gasteiger partial charge in [-0.25, -0.2) is 13.6 Å². The van der Waals surface area contributed by atoms with Crippen LogP contribution in [0, 0.1) is 0 Å². The molecule has 0 aliphatic heterocycles. The van der Waals surface area contributed by atoms with E-state index in [1.165, 1.54) is 12.1 Å². The maximum atomic E-state index is 11.3. The summed E-state index contributed by atoms with van der Waals surface area (Å²) in [5, 5.41) is 9.35. The Morgan fingerprint density at radius 1 is 1.00 bits per heavy atom. The normalized spacial score (nSPS) is 11.2. The topological polar surface area (TPSA) is 90.6 Å². The summed E-state index contributed by atoms with van der Waals surface area (Å²) in [6.07, 6.45) is 0. The molecule has 158 valence electrons. The molecule has 3 aromatic rings. The summed E-state index contributed by atoms with van der Waals surface area (Å²) in [5.74, 6) is 0.950. The third-order valence-corrected chi connectivity index (χ3v) is 5.69. The number of sulfonamides is 1. The van der Waals surface area contributed by atoms with E-state index in [9.17, 15) is 8.42 Å². The van der Waals surface area contributed by atoms with Crippen LogP contribution in [0.4, 0.5) is 5.69 Å². The standard InChI is InChI=1S/C21H20Cl2N2O4S/c1-28-20-11-15(12-25-17-5-7-18(8-6-17)30(24,26)27)10-19(23)21(20)29-13-14-3-2-4-16(22)9-14/h2-11,25H,12-13H2,1H3,(H2,24,26,27). The van der Waals surface area contributed by atoms with Gasteiger partial charge in [0.05, 0.1) is 17.0 Å². The second-order valence-corrected chi connectivity index (χ2v) is 8.86. The molecular weight excluding hydrogens is 447 g/mol. The molecule has 0 spiro atoms. The Kier molecular flexibility index (Phi) is 7.10. The lowest BCUT2D eigenvalue weighted by Crippen LogP contribution is -2.12. The van der Waals surface area contributed by atoms with E-state index in [0.717, 1.165) is 16.8 Å². The zero-order valence-corrected chi connectivity index (χ0v) is 18.4.